The van der Waals surface area contributed by atoms with E-state index in [0.29, 0.717) is 0 Å². The maximum absolute atomic E-state index is 2.37. The van der Waals surface area contributed by atoms with Crippen molar-refractivity contribution in [2.24, 2.45) is 0 Å². The predicted molar refractivity (Wildman–Crippen MR) is 241 cm³/mol. The lowest BCUT2D eigenvalue weighted by Gasteiger charge is -2.26. The molecular formula is C52H33NS2. The van der Waals surface area contributed by atoms with Crippen LogP contribution in [0.1, 0.15) is 0 Å². The third-order valence-corrected chi connectivity index (χ3v) is 13.2. The minimum atomic E-state index is 1.11. The van der Waals surface area contributed by atoms with E-state index in [1.807, 2.05) is 22.7 Å². The minimum absolute atomic E-state index is 1.11. The Labute approximate surface area is 327 Å². The summed E-state index contributed by atoms with van der Waals surface area (Å²) >= 11 is 3.76. The Bertz CT molecular complexity index is 3170. The van der Waals surface area contributed by atoms with Crippen LogP contribution in [0, 0.1) is 0 Å². The molecule has 11 rings (SSSR count). The van der Waals surface area contributed by atoms with Gasteiger partial charge in [0, 0.05) is 57.4 Å². The van der Waals surface area contributed by atoms with E-state index in [-0.39, 0.29) is 0 Å². The molecule has 0 N–H and O–H groups in total. The Hall–Kier alpha value is -6.52. The van der Waals surface area contributed by atoms with Gasteiger partial charge >= 0.3 is 0 Å². The van der Waals surface area contributed by atoms with Gasteiger partial charge in [0.1, 0.15) is 0 Å². The first kappa shape index (κ1) is 32.0. The fourth-order valence-electron chi connectivity index (χ4n) is 8.27. The van der Waals surface area contributed by atoms with Crippen molar-refractivity contribution in [3.63, 3.8) is 0 Å². The van der Waals surface area contributed by atoms with Gasteiger partial charge in [-0.25, -0.2) is 0 Å². The topological polar surface area (TPSA) is 3.24 Å². The quantitative estimate of drug-likeness (QED) is 0.164. The van der Waals surface area contributed by atoms with Crippen molar-refractivity contribution < 1.29 is 0 Å². The number of hydrogen-bond donors (Lipinski definition) is 0. The van der Waals surface area contributed by atoms with Crippen molar-refractivity contribution in [3.8, 4) is 33.4 Å². The zero-order valence-corrected chi connectivity index (χ0v) is 31.4. The lowest BCUT2D eigenvalue weighted by atomic mass is 9.97. The molecule has 0 saturated heterocycles. The third-order valence-electron chi connectivity index (χ3n) is 10.9. The molecule has 0 saturated carbocycles. The molecule has 0 bridgehead atoms. The molecule has 0 spiro atoms. The highest BCUT2D eigenvalue weighted by Crippen LogP contribution is 2.45. The fraction of sp³-hybridized carbons (Fsp3) is 0. The summed E-state index contributed by atoms with van der Waals surface area (Å²) in [6.45, 7) is 0. The highest BCUT2D eigenvalue weighted by molar-refractivity contribution is 7.27. The van der Waals surface area contributed by atoms with Gasteiger partial charge in [-0.05, 0) is 98.8 Å². The average molecular weight is 736 g/mol. The zero-order chi connectivity index (χ0) is 36.3. The Morgan fingerprint density at radius 2 is 0.782 bits per heavy atom. The van der Waals surface area contributed by atoms with E-state index in [2.05, 4.69) is 205 Å². The molecule has 0 fully saturated rings. The van der Waals surface area contributed by atoms with Crippen molar-refractivity contribution in [3.05, 3.63) is 200 Å². The zero-order valence-electron chi connectivity index (χ0n) is 29.8. The summed E-state index contributed by atoms with van der Waals surface area (Å²) in [4.78, 5) is 2.37. The molecule has 0 atom stereocenters. The van der Waals surface area contributed by atoms with Gasteiger partial charge in [0.25, 0.3) is 0 Å². The molecule has 0 unspecified atom stereocenters. The van der Waals surface area contributed by atoms with Crippen LogP contribution in [0.15, 0.2) is 200 Å². The Morgan fingerprint density at radius 3 is 1.44 bits per heavy atom. The summed E-state index contributed by atoms with van der Waals surface area (Å²) in [7, 11) is 0. The first-order chi connectivity index (χ1) is 27.3. The summed E-state index contributed by atoms with van der Waals surface area (Å²) in [5.41, 5.74) is 10.7. The second kappa shape index (κ2) is 13.1. The first-order valence-electron chi connectivity index (χ1n) is 18.7. The van der Waals surface area contributed by atoms with Crippen LogP contribution in [-0.4, -0.2) is 0 Å². The van der Waals surface area contributed by atoms with Crippen molar-refractivity contribution in [1.82, 2.24) is 0 Å². The fourth-order valence-corrected chi connectivity index (χ4v) is 10.7. The van der Waals surface area contributed by atoms with E-state index in [1.165, 1.54) is 84.5 Å². The van der Waals surface area contributed by atoms with Gasteiger partial charge in [0.05, 0.1) is 0 Å². The molecule has 2 heterocycles. The molecule has 258 valence electrons. The largest absolute Gasteiger partial charge is 0.311 e. The van der Waals surface area contributed by atoms with E-state index in [4.69, 9.17) is 0 Å². The molecule has 0 radical (unpaired) electrons. The van der Waals surface area contributed by atoms with Gasteiger partial charge in [-0.3, -0.25) is 0 Å². The number of fused-ring (bicyclic) bond motifs is 8. The predicted octanol–water partition coefficient (Wildman–Crippen LogP) is 16.0. The van der Waals surface area contributed by atoms with Crippen LogP contribution in [0.3, 0.4) is 0 Å². The highest BCUT2D eigenvalue weighted by atomic mass is 32.1. The number of anilines is 3. The highest BCUT2D eigenvalue weighted by Gasteiger charge is 2.17. The molecule has 0 amide bonds. The summed E-state index contributed by atoms with van der Waals surface area (Å²) in [5, 5.41) is 7.92. The van der Waals surface area contributed by atoms with Gasteiger partial charge in [0.2, 0.25) is 0 Å². The van der Waals surface area contributed by atoms with Crippen LogP contribution in [0.5, 0.6) is 0 Å². The lowest BCUT2D eigenvalue weighted by Crippen LogP contribution is -2.09. The molecule has 9 aromatic carbocycles. The molecule has 0 aliphatic rings. The van der Waals surface area contributed by atoms with Crippen LogP contribution in [-0.2, 0) is 0 Å². The maximum Gasteiger partial charge on any atom is 0.0462 e. The smallest absolute Gasteiger partial charge is 0.0462 e. The van der Waals surface area contributed by atoms with E-state index in [1.54, 1.807) is 0 Å². The molecule has 0 aliphatic carbocycles. The summed E-state index contributed by atoms with van der Waals surface area (Å²) in [6.07, 6.45) is 0. The molecule has 11 aromatic rings. The van der Waals surface area contributed by atoms with E-state index < -0.39 is 0 Å². The molecule has 55 heavy (non-hydrogen) atoms. The second-order valence-electron chi connectivity index (χ2n) is 14.1. The summed E-state index contributed by atoms with van der Waals surface area (Å²) in [5.74, 6) is 0. The first-order valence-corrected chi connectivity index (χ1v) is 20.3. The molecule has 2 aromatic heterocycles. The number of thiophene rings is 2. The van der Waals surface area contributed by atoms with Gasteiger partial charge < -0.3 is 4.90 Å². The van der Waals surface area contributed by atoms with Crippen molar-refractivity contribution >= 4 is 90.9 Å². The summed E-state index contributed by atoms with van der Waals surface area (Å²) < 4.78 is 5.32. The standard InChI is InChI=1S/C52H33NS2/c1-2-10-34(11-3-1)35-20-27-39(28-21-35)53(40-29-22-37(23-30-40)42-15-8-18-48-50(42)45-14-6-7-17-47(45)54-48)41-31-24-38(25-32-41)43-16-9-19-49-51(43)46-33-26-36-12-4-5-13-44(36)52(46)55-49/h1-33H. The van der Waals surface area contributed by atoms with E-state index in [0.717, 1.165) is 17.1 Å². The SMILES string of the molecule is c1ccc(-c2ccc(N(c3ccc(-c4cccc5sc6ccccc6c45)cc3)c3ccc(-c4cccc5sc6c7ccccc7ccc6c45)cc3)cc2)cc1. The molecule has 1 nitrogen and oxygen atoms in total. The molecule has 3 heteroatoms. The van der Waals surface area contributed by atoms with Crippen LogP contribution in [0.25, 0.3) is 84.5 Å². The maximum atomic E-state index is 2.37. The normalized spacial score (nSPS) is 11.6. The lowest BCUT2D eigenvalue weighted by molar-refractivity contribution is 1.28. The van der Waals surface area contributed by atoms with Gasteiger partial charge in [0.15, 0.2) is 0 Å². The number of rotatable bonds is 6. The van der Waals surface area contributed by atoms with Crippen LogP contribution in [0.2, 0.25) is 0 Å². The minimum Gasteiger partial charge on any atom is -0.311 e. The van der Waals surface area contributed by atoms with Gasteiger partial charge in [-0.1, -0.05) is 146 Å². The Morgan fingerprint density at radius 1 is 0.291 bits per heavy atom. The van der Waals surface area contributed by atoms with Crippen molar-refractivity contribution in [1.29, 1.82) is 0 Å². The van der Waals surface area contributed by atoms with Crippen LogP contribution in [0.4, 0.5) is 17.1 Å². The van der Waals surface area contributed by atoms with Crippen LogP contribution >= 0.6 is 22.7 Å². The van der Waals surface area contributed by atoms with Crippen molar-refractivity contribution in [2.45, 2.75) is 0 Å². The number of hydrogen-bond acceptors (Lipinski definition) is 3. The van der Waals surface area contributed by atoms with Crippen LogP contribution < -0.4 is 4.90 Å². The van der Waals surface area contributed by atoms with Gasteiger partial charge in [-0.2, -0.15) is 0 Å². The van der Waals surface area contributed by atoms with E-state index >= 15 is 0 Å². The average Bonchev–Trinajstić information content (AvgIpc) is 3.84. The molecular weight excluding hydrogens is 703 g/mol. The second-order valence-corrected chi connectivity index (χ2v) is 16.2. The Kier molecular flexibility index (Phi) is 7.61. The van der Waals surface area contributed by atoms with Crippen molar-refractivity contribution in [2.75, 3.05) is 4.90 Å². The van der Waals surface area contributed by atoms with Gasteiger partial charge in [-0.15, -0.1) is 22.7 Å². The monoisotopic (exact) mass is 735 g/mol. The third kappa shape index (κ3) is 5.43. The number of benzene rings is 9. The molecule has 0 aliphatic heterocycles. The van der Waals surface area contributed by atoms with E-state index in [9.17, 15) is 0 Å². The Balaban J connectivity index is 1.01. The summed E-state index contributed by atoms with van der Waals surface area (Å²) in [6, 6.07) is 73.2. The number of nitrogens with zero attached hydrogens (tertiary/aromatic N) is 1.